The molecule has 2 aromatic heterocycles. The highest BCUT2D eigenvalue weighted by atomic mass is 35.5. The Hall–Kier alpha value is -2.36. The van der Waals surface area contributed by atoms with Crippen molar-refractivity contribution in [2.75, 3.05) is 25.4 Å². The highest BCUT2D eigenvalue weighted by Gasteiger charge is 2.30. The van der Waals surface area contributed by atoms with Crippen LogP contribution in [0.3, 0.4) is 0 Å². The van der Waals surface area contributed by atoms with Crippen LogP contribution < -0.4 is 10.9 Å². The third-order valence-electron chi connectivity index (χ3n) is 6.26. The molecule has 1 aliphatic rings. The maximum absolute atomic E-state index is 13.3. The van der Waals surface area contributed by atoms with Crippen molar-refractivity contribution in [2.24, 2.45) is 0 Å². The van der Waals surface area contributed by atoms with Crippen LogP contribution in [-0.4, -0.2) is 61.6 Å². The zero-order valence-corrected chi connectivity index (χ0v) is 21.4. The third-order valence-corrected chi connectivity index (χ3v) is 7.59. The van der Waals surface area contributed by atoms with Crippen molar-refractivity contribution in [2.45, 2.75) is 57.3 Å². The summed E-state index contributed by atoms with van der Waals surface area (Å²) in [7, 11) is 0. The van der Waals surface area contributed by atoms with E-state index in [1.807, 2.05) is 19.1 Å². The Morgan fingerprint density at radius 3 is 2.88 bits per heavy atom. The second-order valence-electron chi connectivity index (χ2n) is 8.65. The lowest BCUT2D eigenvalue weighted by atomic mass is 10.1. The first-order chi connectivity index (χ1) is 16.4. The van der Waals surface area contributed by atoms with Gasteiger partial charge in [0.1, 0.15) is 5.39 Å². The number of thioether (sulfide) groups is 1. The van der Waals surface area contributed by atoms with E-state index in [1.165, 1.54) is 18.0 Å². The minimum atomic E-state index is -0.221. The fourth-order valence-electron chi connectivity index (χ4n) is 4.36. The van der Waals surface area contributed by atoms with Crippen molar-refractivity contribution in [1.29, 1.82) is 0 Å². The maximum atomic E-state index is 13.3. The van der Waals surface area contributed by atoms with Crippen LogP contribution in [0.1, 0.15) is 46.1 Å². The van der Waals surface area contributed by atoms with Gasteiger partial charge >= 0.3 is 0 Å². The van der Waals surface area contributed by atoms with E-state index in [9.17, 15) is 9.59 Å². The van der Waals surface area contributed by atoms with E-state index >= 15 is 0 Å². The van der Waals surface area contributed by atoms with Gasteiger partial charge < -0.3 is 10.2 Å². The fourth-order valence-corrected chi connectivity index (χ4v) is 5.67. The molecule has 1 aliphatic heterocycles. The molecule has 3 heterocycles. The molecule has 1 amide bonds. The Morgan fingerprint density at radius 1 is 1.35 bits per heavy atom. The van der Waals surface area contributed by atoms with Gasteiger partial charge in [-0.15, -0.1) is 0 Å². The summed E-state index contributed by atoms with van der Waals surface area (Å²) in [5, 5.41) is 9.11. The number of nitrogens with zero attached hydrogens (tertiary/aromatic N) is 5. The highest BCUT2D eigenvalue weighted by molar-refractivity contribution is 7.99. The number of carbonyl (C=O) groups is 1. The summed E-state index contributed by atoms with van der Waals surface area (Å²) in [6.07, 6.45) is 3.78. The van der Waals surface area contributed by atoms with Crippen LogP contribution in [0, 0.1) is 0 Å². The minimum absolute atomic E-state index is 0.0320. The predicted octanol–water partition coefficient (Wildman–Crippen LogP) is 3.90. The Balaban J connectivity index is 1.45. The molecule has 0 aliphatic carbocycles. The molecule has 0 spiro atoms. The van der Waals surface area contributed by atoms with Gasteiger partial charge in [0.25, 0.3) is 5.56 Å². The summed E-state index contributed by atoms with van der Waals surface area (Å²) in [4.78, 5) is 33.1. The molecule has 2 unspecified atom stereocenters. The van der Waals surface area contributed by atoms with Crippen LogP contribution in [0.15, 0.2) is 40.4 Å². The summed E-state index contributed by atoms with van der Waals surface area (Å²) < 4.78 is 3.28. The second-order valence-corrected chi connectivity index (χ2v) is 10.1. The Kier molecular flexibility index (Phi) is 7.95. The van der Waals surface area contributed by atoms with E-state index in [2.05, 4.69) is 29.2 Å². The van der Waals surface area contributed by atoms with Crippen LogP contribution in [0.5, 0.6) is 0 Å². The number of fused-ring (bicyclic) bond motifs is 2. The molecule has 1 N–H and O–H groups in total. The van der Waals surface area contributed by atoms with Gasteiger partial charge in [-0.2, -0.15) is 5.10 Å². The number of nitrogens with one attached hydrogen (secondary N) is 1. The zero-order chi connectivity index (χ0) is 24.2. The van der Waals surface area contributed by atoms with Crippen LogP contribution in [0.25, 0.3) is 16.7 Å². The fraction of sp³-hybridized carbons (Fsp3) is 0.500. The lowest BCUT2D eigenvalue weighted by Crippen LogP contribution is -2.36. The molecular formula is C24H31ClN6O2S. The SMILES string of the molecule is CCN(CC)CCCC(C)NC(=O)CC1CSc2nc3c(cnn3-c3cccc(Cl)c3)c(=O)n21. The molecule has 0 saturated heterocycles. The van der Waals surface area contributed by atoms with Crippen LogP contribution >= 0.6 is 23.4 Å². The van der Waals surface area contributed by atoms with Crippen molar-refractivity contribution in [3.05, 3.63) is 45.8 Å². The molecule has 0 fully saturated rings. The first-order valence-corrected chi connectivity index (χ1v) is 13.2. The molecule has 0 radical (unpaired) electrons. The highest BCUT2D eigenvalue weighted by Crippen LogP contribution is 2.33. The predicted molar refractivity (Wildman–Crippen MR) is 137 cm³/mol. The van der Waals surface area contributed by atoms with Gasteiger partial charge in [0.15, 0.2) is 10.8 Å². The quantitative estimate of drug-likeness (QED) is 0.423. The van der Waals surface area contributed by atoms with Crippen LogP contribution in [0.4, 0.5) is 0 Å². The number of rotatable bonds is 10. The first kappa shape index (κ1) is 24.8. The monoisotopic (exact) mass is 502 g/mol. The molecular weight excluding hydrogens is 472 g/mol. The van der Waals surface area contributed by atoms with E-state index in [0.717, 1.165) is 38.2 Å². The average molecular weight is 503 g/mol. The number of hydrogen-bond acceptors (Lipinski definition) is 6. The number of amides is 1. The minimum Gasteiger partial charge on any atom is -0.354 e. The van der Waals surface area contributed by atoms with Gasteiger partial charge in [0.05, 0.1) is 17.9 Å². The number of hydrogen-bond donors (Lipinski definition) is 1. The van der Waals surface area contributed by atoms with E-state index < -0.39 is 0 Å². The van der Waals surface area contributed by atoms with Crippen molar-refractivity contribution in [1.82, 2.24) is 29.5 Å². The molecule has 10 heteroatoms. The van der Waals surface area contributed by atoms with E-state index in [-0.39, 0.29) is 30.0 Å². The summed E-state index contributed by atoms with van der Waals surface area (Å²) in [6, 6.07) is 7.15. The molecule has 34 heavy (non-hydrogen) atoms. The van der Waals surface area contributed by atoms with Crippen molar-refractivity contribution >= 4 is 40.3 Å². The zero-order valence-electron chi connectivity index (χ0n) is 19.8. The average Bonchev–Trinajstić information content (AvgIpc) is 3.41. The lowest BCUT2D eigenvalue weighted by Gasteiger charge is -2.20. The lowest BCUT2D eigenvalue weighted by molar-refractivity contribution is -0.122. The summed E-state index contributed by atoms with van der Waals surface area (Å²) >= 11 is 7.62. The van der Waals surface area contributed by atoms with Gasteiger partial charge in [-0.3, -0.25) is 14.2 Å². The normalized spacial score (nSPS) is 16.2. The largest absolute Gasteiger partial charge is 0.354 e. The second kappa shape index (κ2) is 10.9. The summed E-state index contributed by atoms with van der Waals surface area (Å²) in [5.74, 6) is 0.610. The molecule has 4 rings (SSSR count). The summed E-state index contributed by atoms with van der Waals surface area (Å²) in [6.45, 7) is 9.50. The van der Waals surface area contributed by atoms with Gasteiger partial charge in [0.2, 0.25) is 5.91 Å². The van der Waals surface area contributed by atoms with Crippen LogP contribution in [0.2, 0.25) is 5.02 Å². The van der Waals surface area contributed by atoms with E-state index in [0.29, 0.717) is 27.0 Å². The third kappa shape index (κ3) is 5.31. The Bertz CT molecular complexity index is 1220. The number of carbonyl (C=O) groups excluding carboxylic acids is 1. The van der Waals surface area contributed by atoms with Crippen molar-refractivity contribution in [3.63, 3.8) is 0 Å². The first-order valence-electron chi connectivity index (χ1n) is 11.8. The molecule has 2 atom stereocenters. The van der Waals surface area contributed by atoms with Crippen molar-refractivity contribution < 1.29 is 4.79 Å². The van der Waals surface area contributed by atoms with Gasteiger partial charge in [-0.25, -0.2) is 9.67 Å². The van der Waals surface area contributed by atoms with Crippen LogP contribution in [-0.2, 0) is 4.79 Å². The summed E-state index contributed by atoms with van der Waals surface area (Å²) in [5.41, 5.74) is 1.08. The Morgan fingerprint density at radius 2 is 2.15 bits per heavy atom. The molecule has 1 aromatic carbocycles. The molecule has 182 valence electrons. The van der Waals surface area contributed by atoms with E-state index in [4.69, 9.17) is 16.6 Å². The standard InChI is InChI=1S/C24H31ClN6O2S/c1-4-29(5-2)11-7-8-16(3)27-21(32)13-19-15-34-24-28-22-20(23(33)30(19)24)14-26-31(22)18-10-6-9-17(25)12-18/h6,9-10,12,14,16,19H,4-5,7-8,11,13,15H2,1-3H3,(H,27,32). The molecule has 0 saturated carbocycles. The Labute approximate surface area is 208 Å². The maximum Gasteiger partial charge on any atom is 0.265 e. The number of benzene rings is 1. The van der Waals surface area contributed by atoms with Gasteiger partial charge in [-0.05, 0) is 57.6 Å². The smallest absolute Gasteiger partial charge is 0.265 e. The van der Waals surface area contributed by atoms with Gasteiger partial charge in [0, 0.05) is 23.2 Å². The molecule has 8 nitrogen and oxygen atoms in total. The van der Waals surface area contributed by atoms with Crippen molar-refractivity contribution in [3.8, 4) is 5.69 Å². The van der Waals surface area contributed by atoms with Gasteiger partial charge in [-0.1, -0.05) is 43.3 Å². The number of aromatic nitrogens is 4. The molecule has 0 bridgehead atoms. The topological polar surface area (TPSA) is 85.1 Å². The molecule has 3 aromatic rings. The number of halogens is 1. The van der Waals surface area contributed by atoms with E-state index in [1.54, 1.807) is 21.4 Å².